The highest BCUT2D eigenvalue weighted by Gasteiger charge is 2.24. The van der Waals surface area contributed by atoms with Gasteiger partial charge in [-0.3, -0.25) is 0 Å². The van der Waals surface area contributed by atoms with Crippen molar-refractivity contribution in [1.82, 2.24) is 10.1 Å². The van der Waals surface area contributed by atoms with E-state index in [1.165, 1.54) is 5.56 Å². The fourth-order valence-corrected chi connectivity index (χ4v) is 2.29. The molecule has 4 nitrogen and oxygen atoms in total. The van der Waals surface area contributed by atoms with Crippen LogP contribution in [-0.2, 0) is 6.42 Å². The summed E-state index contributed by atoms with van der Waals surface area (Å²) < 4.78 is 5.39. The first kappa shape index (κ1) is 14.7. The van der Waals surface area contributed by atoms with Crippen molar-refractivity contribution in [3.8, 4) is 0 Å². The molecule has 1 aromatic heterocycles. The van der Waals surface area contributed by atoms with Crippen LogP contribution in [0.1, 0.15) is 50.4 Å². The van der Waals surface area contributed by atoms with E-state index in [-0.39, 0.29) is 11.3 Å². The lowest BCUT2D eigenvalue weighted by Gasteiger charge is -2.22. The van der Waals surface area contributed by atoms with Gasteiger partial charge in [-0.2, -0.15) is 4.98 Å². The summed E-state index contributed by atoms with van der Waals surface area (Å²) in [5.74, 6) is 1.51. The van der Waals surface area contributed by atoms with E-state index in [0.29, 0.717) is 18.9 Å². The molecule has 0 spiro atoms. The highest BCUT2D eigenvalue weighted by molar-refractivity contribution is 5.18. The highest BCUT2D eigenvalue weighted by Crippen LogP contribution is 2.29. The smallest absolute Gasteiger partial charge is 0.231 e. The Labute approximate surface area is 120 Å². The Balaban J connectivity index is 2.07. The van der Waals surface area contributed by atoms with Gasteiger partial charge in [-0.15, -0.1) is 0 Å². The maximum Gasteiger partial charge on any atom is 0.231 e. The fourth-order valence-electron chi connectivity index (χ4n) is 2.29. The van der Waals surface area contributed by atoms with Gasteiger partial charge in [0.15, 0.2) is 5.82 Å². The molecule has 0 saturated heterocycles. The van der Waals surface area contributed by atoms with Crippen LogP contribution in [0.3, 0.4) is 0 Å². The summed E-state index contributed by atoms with van der Waals surface area (Å²) in [6.07, 6.45) is 1.63. The predicted molar refractivity (Wildman–Crippen MR) is 79.4 cm³/mol. The molecule has 0 saturated carbocycles. The van der Waals surface area contributed by atoms with E-state index in [4.69, 9.17) is 10.3 Å². The first-order valence-electron chi connectivity index (χ1n) is 7.04. The number of hydrogen-bond acceptors (Lipinski definition) is 4. The summed E-state index contributed by atoms with van der Waals surface area (Å²) in [4.78, 5) is 4.50. The standard InChI is InChI=1S/C16H23N3O/c1-16(2,3)10-13(11-17)15-18-14(19-20-15)9-12-7-5-4-6-8-12/h4-8,13H,9-11,17H2,1-3H3. The minimum atomic E-state index is 0.132. The summed E-state index contributed by atoms with van der Waals surface area (Å²) >= 11 is 0. The molecule has 2 aromatic rings. The molecule has 0 fully saturated rings. The van der Waals surface area contributed by atoms with Crippen molar-refractivity contribution in [3.05, 3.63) is 47.6 Å². The van der Waals surface area contributed by atoms with Gasteiger partial charge in [0.05, 0.1) is 5.92 Å². The molecule has 20 heavy (non-hydrogen) atoms. The van der Waals surface area contributed by atoms with E-state index >= 15 is 0 Å². The Morgan fingerprint density at radius 2 is 1.90 bits per heavy atom. The molecule has 4 heteroatoms. The average molecular weight is 273 g/mol. The first-order valence-corrected chi connectivity index (χ1v) is 7.04. The van der Waals surface area contributed by atoms with Crippen molar-refractivity contribution in [3.63, 3.8) is 0 Å². The lowest BCUT2D eigenvalue weighted by molar-refractivity contribution is 0.286. The Morgan fingerprint density at radius 3 is 2.50 bits per heavy atom. The zero-order valence-corrected chi connectivity index (χ0v) is 12.5. The van der Waals surface area contributed by atoms with Crippen molar-refractivity contribution in [2.45, 2.75) is 39.5 Å². The summed E-state index contributed by atoms with van der Waals surface area (Å²) in [5, 5.41) is 4.07. The molecule has 0 aliphatic rings. The van der Waals surface area contributed by atoms with Crippen LogP contribution in [0.15, 0.2) is 34.9 Å². The van der Waals surface area contributed by atoms with Crippen LogP contribution in [0.4, 0.5) is 0 Å². The van der Waals surface area contributed by atoms with Gasteiger partial charge in [0, 0.05) is 13.0 Å². The Kier molecular flexibility index (Phi) is 4.55. The summed E-state index contributed by atoms with van der Waals surface area (Å²) in [5.41, 5.74) is 7.22. The van der Waals surface area contributed by atoms with Crippen molar-refractivity contribution in [1.29, 1.82) is 0 Å². The van der Waals surface area contributed by atoms with Crippen LogP contribution >= 0.6 is 0 Å². The van der Waals surface area contributed by atoms with Crippen LogP contribution in [0.5, 0.6) is 0 Å². The van der Waals surface area contributed by atoms with Gasteiger partial charge >= 0.3 is 0 Å². The molecule has 0 aliphatic carbocycles. The van der Waals surface area contributed by atoms with Crippen LogP contribution in [0.25, 0.3) is 0 Å². The Hall–Kier alpha value is -1.68. The number of nitrogens with zero attached hydrogens (tertiary/aromatic N) is 2. The molecular formula is C16H23N3O. The van der Waals surface area contributed by atoms with E-state index in [0.717, 1.165) is 12.2 Å². The van der Waals surface area contributed by atoms with Gasteiger partial charge in [-0.25, -0.2) is 0 Å². The van der Waals surface area contributed by atoms with Crippen LogP contribution < -0.4 is 5.73 Å². The fraction of sp³-hybridized carbons (Fsp3) is 0.500. The summed E-state index contributed by atoms with van der Waals surface area (Å²) in [7, 11) is 0. The van der Waals surface area contributed by atoms with Gasteiger partial charge in [0.1, 0.15) is 0 Å². The molecular weight excluding hydrogens is 250 g/mol. The Bertz CT molecular complexity index is 528. The van der Waals surface area contributed by atoms with Crippen LogP contribution in [0, 0.1) is 5.41 Å². The van der Waals surface area contributed by atoms with E-state index in [1.807, 2.05) is 18.2 Å². The third kappa shape index (κ3) is 4.17. The number of nitrogens with two attached hydrogens (primary N) is 1. The monoisotopic (exact) mass is 273 g/mol. The largest absolute Gasteiger partial charge is 0.339 e. The second-order valence-corrected chi connectivity index (χ2v) is 6.41. The van der Waals surface area contributed by atoms with Crippen LogP contribution in [0.2, 0.25) is 0 Å². The highest BCUT2D eigenvalue weighted by atomic mass is 16.5. The normalized spacial score (nSPS) is 13.4. The zero-order chi connectivity index (χ0) is 14.6. The number of aromatic nitrogens is 2. The maximum atomic E-state index is 5.85. The maximum absolute atomic E-state index is 5.85. The third-order valence-electron chi connectivity index (χ3n) is 3.18. The molecule has 0 amide bonds. The van der Waals surface area contributed by atoms with E-state index in [9.17, 15) is 0 Å². The van der Waals surface area contributed by atoms with Crippen molar-refractivity contribution in [2.75, 3.05) is 6.54 Å². The molecule has 0 bridgehead atoms. The lowest BCUT2D eigenvalue weighted by Crippen LogP contribution is -2.19. The molecule has 0 radical (unpaired) electrons. The summed E-state index contributed by atoms with van der Waals surface area (Å²) in [6, 6.07) is 10.1. The first-order chi connectivity index (χ1) is 9.48. The minimum Gasteiger partial charge on any atom is -0.339 e. The molecule has 2 N–H and O–H groups in total. The van der Waals surface area contributed by atoms with Gasteiger partial charge in [0.25, 0.3) is 0 Å². The molecule has 1 aromatic carbocycles. The van der Waals surface area contributed by atoms with E-state index in [2.05, 4.69) is 43.0 Å². The number of hydrogen-bond donors (Lipinski definition) is 1. The van der Waals surface area contributed by atoms with Gasteiger partial charge in [-0.1, -0.05) is 56.3 Å². The van der Waals surface area contributed by atoms with E-state index in [1.54, 1.807) is 0 Å². The molecule has 1 atom stereocenters. The van der Waals surface area contributed by atoms with Crippen LogP contribution in [-0.4, -0.2) is 16.7 Å². The topological polar surface area (TPSA) is 64.9 Å². The van der Waals surface area contributed by atoms with Gasteiger partial charge in [-0.05, 0) is 17.4 Å². The molecule has 1 unspecified atom stereocenters. The molecule has 2 rings (SSSR count). The second-order valence-electron chi connectivity index (χ2n) is 6.41. The van der Waals surface area contributed by atoms with Crippen molar-refractivity contribution < 1.29 is 4.52 Å². The average Bonchev–Trinajstić information content (AvgIpc) is 2.84. The Morgan fingerprint density at radius 1 is 1.20 bits per heavy atom. The molecule has 1 heterocycles. The van der Waals surface area contributed by atoms with Gasteiger partial charge < -0.3 is 10.3 Å². The quantitative estimate of drug-likeness (QED) is 0.909. The summed E-state index contributed by atoms with van der Waals surface area (Å²) in [6.45, 7) is 7.11. The number of benzene rings is 1. The second kappa shape index (κ2) is 6.18. The zero-order valence-electron chi connectivity index (χ0n) is 12.5. The minimum absolute atomic E-state index is 0.132. The lowest BCUT2D eigenvalue weighted by atomic mass is 9.84. The number of rotatable bonds is 5. The predicted octanol–water partition coefficient (Wildman–Crippen LogP) is 3.14. The SMILES string of the molecule is CC(C)(C)CC(CN)c1nc(Cc2ccccc2)no1. The van der Waals surface area contributed by atoms with Crippen molar-refractivity contribution >= 4 is 0 Å². The van der Waals surface area contributed by atoms with Crippen molar-refractivity contribution in [2.24, 2.45) is 11.1 Å². The molecule has 0 aliphatic heterocycles. The third-order valence-corrected chi connectivity index (χ3v) is 3.18. The molecule has 108 valence electrons. The van der Waals surface area contributed by atoms with E-state index < -0.39 is 0 Å². The van der Waals surface area contributed by atoms with Gasteiger partial charge in [0.2, 0.25) is 5.89 Å².